The molecule has 1 aromatic heterocycles. The number of ether oxygens (including phenoxy) is 1. The van der Waals surface area contributed by atoms with Crippen molar-refractivity contribution >= 4 is 40.1 Å². The number of carbonyl (C=O) groups excluding carboxylic acids is 1. The number of amidine groups is 1. The predicted molar refractivity (Wildman–Crippen MR) is 115 cm³/mol. The Morgan fingerprint density at radius 2 is 2.13 bits per heavy atom. The summed E-state index contributed by atoms with van der Waals surface area (Å²) in [5.74, 6) is -3.19. The number of aromatic nitrogens is 1. The molecule has 2 heterocycles. The Hall–Kier alpha value is -2.30. The van der Waals surface area contributed by atoms with Gasteiger partial charge in [-0.05, 0) is 31.5 Å². The van der Waals surface area contributed by atoms with E-state index in [1.54, 1.807) is 6.92 Å². The standard InChI is InChI=1S/C20H20ClF3N4O2S/c1-19(10-30-2)8-20(9-22,28-18(25)31-19)13-5-12(6-14(23)16(13)24)27-17(29)15-4-3-11(21)7-26-15/h3-7H,8-10H2,1-2H3,(H2,25,28)(H,27,29)/t19-,20-/m1/s1. The normalized spacial score (nSPS) is 23.4. The monoisotopic (exact) mass is 472 g/mol. The Bertz CT molecular complexity index is 1020. The Labute approximate surface area is 186 Å². The number of nitrogens with zero attached hydrogens (tertiary/aromatic N) is 2. The lowest BCUT2D eigenvalue weighted by atomic mass is 9.82. The third-order valence-corrected chi connectivity index (χ3v) is 6.04. The summed E-state index contributed by atoms with van der Waals surface area (Å²) < 4.78 is 48.1. The molecule has 0 spiro atoms. The van der Waals surface area contributed by atoms with E-state index in [1.165, 1.54) is 37.2 Å². The van der Waals surface area contributed by atoms with Gasteiger partial charge in [-0.1, -0.05) is 23.4 Å². The van der Waals surface area contributed by atoms with E-state index in [0.717, 1.165) is 12.1 Å². The number of nitrogens with two attached hydrogens (primary N) is 1. The van der Waals surface area contributed by atoms with Crippen molar-refractivity contribution in [2.45, 2.75) is 23.6 Å². The highest BCUT2D eigenvalue weighted by Gasteiger charge is 2.47. The van der Waals surface area contributed by atoms with Crippen molar-refractivity contribution in [1.29, 1.82) is 0 Å². The zero-order valence-electron chi connectivity index (χ0n) is 16.7. The number of aliphatic imine (C=N–C) groups is 1. The summed E-state index contributed by atoms with van der Waals surface area (Å²) in [5.41, 5.74) is 3.73. The summed E-state index contributed by atoms with van der Waals surface area (Å²) >= 11 is 6.94. The van der Waals surface area contributed by atoms with Crippen molar-refractivity contribution < 1.29 is 22.7 Å². The molecule has 1 aromatic carbocycles. The van der Waals surface area contributed by atoms with Gasteiger partial charge in [0.05, 0.1) is 11.6 Å². The summed E-state index contributed by atoms with van der Waals surface area (Å²) in [7, 11) is 1.48. The average molecular weight is 473 g/mol. The number of amides is 1. The van der Waals surface area contributed by atoms with Crippen LogP contribution in [0.15, 0.2) is 35.5 Å². The molecule has 2 atom stereocenters. The van der Waals surface area contributed by atoms with Crippen molar-refractivity contribution in [3.8, 4) is 0 Å². The second-order valence-corrected chi connectivity index (χ2v) is 9.46. The van der Waals surface area contributed by atoms with Gasteiger partial charge in [0.1, 0.15) is 17.9 Å². The second-order valence-electron chi connectivity index (χ2n) is 7.41. The van der Waals surface area contributed by atoms with Gasteiger partial charge in [-0.25, -0.2) is 23.1 Å². The number of pyridine rings is 1. The summed E-state index contributed by atoms with van der Waals surface area (Å²) in [6.07, 6.45) is 1.28. The Morgan fingerprint density at radius 1 is 1.39 bits per heavy atom. The first-order valence-electron chi connectivity index (χ1n) is 9.13. The molecule has 1 aliphatic heterocycles. The van der Waals surface area contributed by atoms with Crippen LogP contribution in [0.3, 0.4) is 0 Å². The van der Waals surface area contributed by atoms with Crippen molar-refractivity contribution in [1.82, 2.24) is 4.98 Å². The second kappa shape index (κ2) is 9.05. The van der Waals surface area contributed by atoms with E-state index < -0.39 is 34.5 Å². The number of thioether (sulfide) groups is 1. The van der Waals surface area contributed by atoms with Gasteiger partial charge in [0.25, 0.3) is 5.91 Å². The molecule has 0 saturated heterocycles. The lowest BCUT2D eigenvalue weighted by Crippen LogP contribution is -2.45. The Balaban J connectivity index is 2.02. The van der Waals surface area contributed by atoms with Gasteiger partial charge in [0, 0.05) is 35.4 Å². The number of nitrogens with one attached hydrogen (secondary N) is 1. The van der Waals surface area contributed by atoms with Gasteiger partial charge < -0.3 is 15.8 Å². The van der Waals surface area contributed by atoms with Crippen LogP contribution in [0.5, 0.6) is 0 Å². The quantitative estimate of drug-likeness (QED) is 0.654. The van der Waals surface area contributed by atoms with Crippen LogP contribution in [0, 0.1) is 11.6 Å². The number of carbonyl (C=O) groups is 1. The first-order chi connectivity index (χ1) is 14.6. The lowest BCUT2D eigenvalue weighted by molar-refractivity contribution is 0.102. The van der Waals surface area contributed by atoms with E-state index in [9.17, 15) is 18.0 Å². The molecule has 11 heteroatoms. The van der Waals surface area contributed by atoms with Gasteiger partial charge >= 0.3 is 0 Å². The minimum Gasteiger partial charge on any atom is -0.383 e. The summed E-state index contributed by atoms with van der Waals surface area (Å²) in [6.45, 7) is 0.845. The highest BCUT2D eigenvalue weighted by molar-refractivity contribution is 8.15. The zero-order chi connectivity index (χ0) is 22.8. The number of anilines is 1. The molecule has 0 radical (unpaired) electrons. The van der Waals surface area contributed by atoms with Gasteiger partial charge in [0.15, 0.2) is 16.8 Å². The highest BCUT2D eigenvalue weighted by Crippen LogP contribution is 2.47. The van der Waals surface area contributed by atoms with Gasteiger partial charge in [-0.15, -0.1) is 0 Å². The molecule has 31 heavy (non-hydrogen) atoms. The predicted octanol–water partition coefficient (Wildman–Crippen LogP) is 4.29. The number of halogens is 4. The molecule has 1 aliphatic rings. The fraction of sp³-hybridized carbons (Fsp3) is 0.350. The molecule has 0 bridgehead atoms. The van der Waals surface area contributed by atoms with Crippen LogP contribution in [0.4, 0.5) is 18.9 Å². The van der Waals surface area contributed by atoms with Crippen LogP contribution in [0.25, 0.3) is 0 Å². The van der Waals surface area contributed by atoms with Gasteiger partial charge in [-0.3, -0.25) is 4.79 Å². The van der Waals surface area contributed by atoms with Crippen LogP contribution in [0.1, 0.15) is 29.4 Å². The molecule has 2 aromatic rings. The minimum atomic E-state index is -1.77. The average Bonchev–Trinajstić information content (AvgIpc) is 2.70. The van der Waals surface area contributed by atoms with Crippen molar-refractivity contribution in [2.75, 3.05) is 25.7 Å². The summed E-state index contributed by atoms with van der Waals surface area (Å²) in [4.78, 5) is 20.5. The number of alkyl halides is 1. The van der Waals surface area contributed by atoms with E-state index in [1.807, 2.05) is 0 Å². The van der Waals surface area contributed by atoms with Crippen LogP contribution < -0.4 is 11.1 Å². The molecule has 0 unspecified atom stereocenters. The molecule has 0 saturated carbocycles. The van der Waals surface area contributed by atoms with Crippen molar-refractivity contribution in [3.63, 3.8) is 0 Å². The Morgan fingerprint density at radius 3 is 2.74 bits per heavy atom. The molecule has 3 rings (SSSR count). The van der Waals surface area contributed by atoms with Crippen LogP contribution in [-0.2, 0) is 10.3 Å². The molecule has 0 fully saturated rings. The van der Waals surface area contributed by atoms with Crippen LogP contribution in [-0.4, -0.2) is 41.2 Å². The summed E-state index contributed by atoms with van der Waals surface area (Å²) in [6, 6.07) is 4.80. The summed E-state index contributed by atoms with van der Waals surface area (Å²) in [5, 5.41) is 2.81. The number of hydrogen-bond acceptors (Lipinski definition) is 6. The maximum Gasteiger partial charge on any atom is 0.274 e. The highest BCUT2D eigenvalue weighted by atomic mass is 35.5. The molecule has 1 amide bonds. The van der Waals surface area contributed by atoms with E-state index in [2.05, 4.69) is 15.3 Å². The molecule has 6 nitrogen and oxygen atoms in total. The lowest BCUT2D eigenvalue weighted by Gasteiger charge is -2.41. The molecular formula is C20H20ClF3N4O2S. The fourth-order valence-corrected chi connectivity index (χ4v) is 4.90. The third-order valence-electron chi connectivity index (χ3n) is 4.76. The van der Waals surface area contributed by atoms with E-state index in [4.69, 9.17) is 22.1 Å². The van der Waals surface area contributed by atoms with Gasteiger partial charge in [0.2, 0.25) is 0 Å². The largest absolute Gasteiger partial charge is 0.383 e. The first-order valence-corrected chi connectivity index (χ1v) is 10.3. The van der Waals surface area contributed by atoms with Crippen molar-refractivity contribution in [3.05, 3.63) is 58.4 Å². The van der Waals surface area contributed by atoms with Crippen LogP contribution in [0.2, 0.25) is 5.02 Å². The van der Waals surface area contributed by atoms with Crippen molar-refractivity contribution in [2.24, 2.45) is 10.7 Å². The SMILES string of the molecule is COC[C@@]1(C)C[C@@](CF)(c2cc(NC(=O)c3ccc(Cl)cn3)cc(F)c2F)N=C(N)S1. The molecular weight excluding hydrogens is 453 g/mol. The van der Waals surface area contributed by atoms with E-state index in [0.29, 0.717) is 5.02 Å². The topological polar surface area (TPSA) is 89.6 Å². The van der Waals surface area contributed by atoms with E-state index >= 15 is 0 Å². The first kappa shape index (κ1) is 23.4. The zero-order valence-corrected chi connectivity index (χ0v) is 18.3. The number of benzene rings is 1. The third kappa shape index (κ3) is 4.97. The van der Waals surface area contributed by atoms with E-state index in [-0.39, 0.29) is 35.1 Å². The fourth-order valence-electron chi connectivity index (χ4n) is 3.58. The number of hydrogen-bond donors (Lipinski definition) is 2. The minimum absolute atomic E-state index is 0.00219. The number of methoxy groups -OCH3 is 1. The number of rotatable bonds is 6. The molecule has 3 N–H and O–H groups in total. The molecule has 166 valence electrons. The smallest absolute Gasteiger partial charge is 0.274 e. The maximum absolute atomic E-state index is 14.8. The Kier molecular flexibility index (Phi) is 6.82. The van der Waals surface area contributed by atoms with Crippen LogP contribution >= 0.6 is 23.4 Å². The maximum atomic E-state index is 14.8. The molecule has 0 aliphatic carbocycles. The van der Waals surface area contributed by atoms with Gasteiger partial charge in [-0.2, -0.15) is 0 Å².